The van der Waals surface area contributed by atoms with Crippen molar-refractivity contribution in [1.29, 1.82) is 0 Å². The molecule has 5 nitrogen and oxygen atoms in total. The summed E-state index contributed by atoms with van der Waals surface area (Å²) in [6.07, 6.45) is 3.50. The van der Waals surface area contributed by atoms with E-state index in [-0.39, 0.29) is 13.2 Å². The molecule has 4 rings (SSSR count). The van der Waals surface area contributed by atoms with E-state index >= 15 is 0 Å². The predicted octanol–water partition coefficient (Wildman–Crippen LogP) is 3.87. The molecule has 1 heterocycles. The lowest BCUT2D eigenvalue weighted by Crippen LogP contribution is -2.53. The summed E-state index contributed by atoms with van der Waals surface area (Å²) in [6, 6.07) is 17.7. The van der Waals surface area contributed by atoms with Crippen LogP contribution in [0.3, 0.4) is 0 Å². The molecule has 168 valence electrons. The summed E-state index contributed by atoms with van der Waals surface area (Å²) in [4.78, 5) is 2.13. The minimum atomic E-state index is -1.13. The highest BCUT2D eigenvalue weighted by Crippen LogP contribution is 2.38. The molecule has 2 aliphatic rings. The highest BCUT2D eigenvalue weighted by atomic mass is 35.5. The number of hydrogen-bond acceptors (Lipinski definition) is 5. The standard InChI is InChI=1S/C25H32ClNO4/c26-22-6-8-23(9-7-22)31-19-25(29)17-27(14-15-30-18-25)16-24(28)12-10-21(11-13-24)20-4-2-1-3-5-20/h1-9,21,28-29H,10-19H2. The van der Waals surface area contributed by atoms with Gasteiger partial charge in [-0.15, -0.1) is 0 Å². The number of hydrogen-bond donors (Lipinski definition) is 2. The second-order valence-corrected chi connectivity index (χ2v) is 9.58. The summed E-state index contributed by atoms with van der Waals surface area (Å²) in [5.74, 6) is 1.17. The molecule has 2 fully saturated rings. The molecular weight excluding hydrogens is 414 g/mol. The van der Waals surface area contributed by atoms with Gasteiger partial charge in [0.1, 0.15) is 18.0 Å². The van der Waals surface area contributed by atoms with E-state index in [1.807, 2.05) is 6.07 Å². The van der Waals surface area contributed by atoms with Gasteiger partial charge in [-0.3, -0.25) is 4.90 Å². The molecular formula is C25H32ClNO4. The number of rotatable bonds is 6. The first kappa shape index (κ1) is 22.6. The molecule has 31 heavy (non-hydrogen) atoms. The van der Waals surface area contributed by atoms with Crippen LogP contribution >= 0.6 is 11.6 Å². The van der Waals surface area contributed by atoms with Crippen LogP contribution in [0.1, 0.15) is 37.2 Å². The zero-order valence-corrected chi connectivity index (χ0v) is 18.6. The normalized spacial score (nSPS) is 30.0. The van der Waals surface area contributed by atoms with E-state index in [1.54, 1.807) is 24.3 Å². The molecule has 2 aromatic carbocycles. The fraction of sp³-hybridized carbons (Fsp3) is 0.520. The lowest BCUT2D eigenvalue weighted by Gasteiger charge is -2.40. The van der Waals surface area contributed by atoms with Gasteiger partial charge in [0.25, 0.3) is 0 Å². The third-order valence-corrected chi connectivity index (χ3v) is 6.72. The predicted molar refractivity (Wildman–Crippen MR) is 122 cm³/mol. The Morgan fingerprint density at radius 3 is 2.42 bits per heavy atom. The van der Waals surface area contributed by atoms with Gasteiger partial charge in [-0.1, -0.05) is 41.9 Å². The van der Waals surface area contributed by atoms with Crippen LogP contribution in [0, 0.1) is 0 Å². The van der Waals surface area contributed by atoms with Crippen molar-refractivity contribution < 1.29 is 19.7 Å². The van der Waals surface area contributed by atoms with Crippen molar-refractivity contribution in [1.82, 2.24) is 4.90 Å². The molecule has 1 saturated heterocycles. The van der Waals surface area contributed by atoms with E-state index in [1.165, 1.54) is 5.56 Å². The summed E-state index contributed by atoms with van der Waals surface area (Å²) in [6.45, 7) is 2.51. The van der Waals surface area contributed by atoms with E-state index in [0.29, 0.717) is 42.9 Å². The quantitative estimate of drug-likeness (QED) is 0.706. The summed E-state index contributed by atoms with van der Waals surface area (Å²) < 4.78 is 11.5. The molecule has 0 radical (unpaired) electrons. The molecule has 1 aliphatic heterocycles. The van der Waals surface area contributed by atoms with Gasteiger partial charge in [0.15, 0.2) is 0 Å². The Kier molecular flexibility index (Phi) is 7.19. The van der Waals surface area contributed by atoms with E-state index in [0.717, 1.165) is 25.7 Å². The fourth-order valence-corrected chi connectivity index (χ4v) is 4.88. The first-order valence-corrected chi connectivity index (χ1v) is 11.5. The molecule has 1 unspecified atom stereocenters. The second kappa shape index (κ2) is 9.88. The monoisotopic (exact) mass is 445 g/mol. The van der Waals surface area contributed by atoms with Crippen molar-refractivity contribution in [3.8, 4) is 5.75 Å². The number of ether oxygens (including phenoxy) is 2. The first-order valence-electron chi connectivity index (χ1n) is 11.1. The van der Waals surface area contributed by atoms with E-state index in [9.17, 15) is 10.2 Å². The molecule has 1 aliphatic carbocycles. The number of nitrogens with zero attached hydrogens (tertiary/aromatic N) is 1. The van der Waals surface area contributed by atoms with Crippen LogP contribution in [0.4, 0.5) is 0 Å². The van der Waals surface area contributed by atoms with Crippen LogP contribution in [0.25, 0.3) is 0 Å². The van der Waals surface area contributed by atoms with Crippen molar-refractivity contribution in [3.63, 3.8) is 0 Å². The number of β-amino-alcohol motifs (C(OH)–C–C–N with tert-alkyl or cyclic N) is 2. The molecule has 0 aromatic heterocycles. The largest absolute Gasteiger partial charge is 0.490 e. The molecule has 1 saturated carbocycles. The molecule has 6 heteroatoms. The first-order chi connectivity index (χ1) is 14.9. The number of halogens is 1. The van der Waals surface area contributed by atoms with Gasteiger partial charge in [0.05, 0.1) is 18.8 Å². The van der Waals surface area contributed by atoms with Crippen molar-refractivity contribution in [2.75, 3.05) is 39.5 Å². The Balaban J connectivity index is 1.32. The second-order valence-electron chi connectivity index (χ2n) is 9.14. The smallest absolute Gasteiger partial charge is 0.134 e. The lowest BCUT2D eigenvalue weighted by molar-refractivity contribution is -0.0766. The molecule has 0 spiro atoms. The fourth-order valence-electron chi connectivity index (χ4n) is 4.76. The van der Waals surface area contributed by atoms with Gasteiger partial charge in [0.2, 0.25) is 0 Å². The highest BCUT2D eigenvalue weighted by Gasteiger charge is 2.39. The van der Waals surface area contributed by atoms with E-state index in [4.69, 9.17) is 21.1 Å². The zero-order valence-electron chi connectivity index (χ0n) is 17.9. The maximum atomic E-state index is 11.3. The summed E-state index contributed by atoms with van der Waals surface area (Å²) in [5, 5.41) is 23.1. The Morgan fingerprint density at radius 2 is 1.71 bits per heavy atom. The maximum Gasteiger partial charge on any atom is 0.134 e. The Bertz CT molecular complexity index is 823. The van der Waals surface area contributed by atoms with Crippen LogP contribution in [0.15, 0.2) is 54.6 Å². The van der Waals surface area contributed by atoms with E-state index < -0.39 is 11.2 Å². The van der Waals surface area contributed by atoms with Gasteiger partial charge in [0, 0.05) is 24.7 Å². The molecule has 2 aromatic rings. The van der Waals surface area contributed by atoms with Crippen molar-refractivity contribution in [2.45, 2.75) is 42.8 Å². The third-order valence-electron chi connectivity index (χ3n) is 6.47. The molecule has 2 N–H and O–H groups in total. The molecule has 0 amide bonds. The van der Waals surface area contributed by atoms with Gasteiger partial charge in [-0.25, -0.2) is 0 Å². The van der Waals surface area contributed by atoms with Crippen molar-refractivity contribution in [2.24, 2.45) is 0 Å². The van der Waals surface area contributed by atoms with Crippen LogP contribution in [-0.4, -0.2) is 65.8 Å². The molecule has 1 atom stereocenters. The van der Waals surface area contributed by atoms with Gasteiger partial charge >= 0.3 is 0 Å². The highest BCUT2D eigenvalue weighted by molar-refractivity contribution is 6.30. The zero-order chi connectivity index (χ0) is 21.7. The maximum absolute atomic E-state index is 11.3. The lowest BCUT2D eigenvalue weighted by atomic mass is 9.76. The number of benzene rings is 2. The average molecular weight is 446 g/mol. The van der Waals surface area contributed by atoms with Crippen molar-refractivity contribution >= 4 is 11.6 Å². The summed E-state index contributed by atoms with van der Waals surface area (Å²) in [5.41, 5.74) is -0.497. The Labute approximate surface area is 189 Å². The third kappa shape index (κ3) is 6.21. The van der Waals surface area contributed by atoms with Crippen LogP contribution in [-0.2, 0) is 4.74 Å². The van der Waals surface area contributed by atoms with Crippen LogP contribution in [0.2, 0.25) is 5.02 Å². The van der Waals surface area contributed by atoms with Crippen LogP contribution in [0.5, 0.6) is 5.75 Å². The van der Waals surface area contributed by atoms with E-state index in [2.05, 4.69) is 29.2 Å². The average Bonchev–Trinajstić information content (AvgIpc) is 2.95. The topological polar surface area (TPSA) is 62.2 Å². The molecule has 0 bridgehead atoms. The van der Waals surface area contributed by atoms with Crippen molar-refractivity contribution in [3.05, 3.63) is 65.2 Å². The van der Waals surface area contributed by atoms with Crippen LogP contribution < -0.4 is 4.74 Å². The van der Waals surface area contributed by atoms with Gasteiger partial charge < -0.3 is 19.7 Å². The summed E-state index contributed by atoms with van der Waals surface area (Å²) in [7, 11) is 0. The Hall–Kier alpha value is -1.63. The summed E-state index contributed by atoms with van der Waals surface area (Å²) >= 11 is 5.92. The SMILES string of the molecule is OC1(CN2CCOCC(O)(COc3ccc(Cl)cc3)C2)CCC(c2ccccc2)CC1. The number of aliphatic hydroxyl groups is 2. The minimum absolute atomic E-state index is 0.125. The van der Waals surface area contributed by atoms with Gasteiger partial charge in [-0.2, -0.15) is 0 Å². The Morgan fingerprint density at radius 1 is 1.00 bits per heavy atom. The minimum Gasteiger partial charge on any atom is -0.490 e. The van der Waals surface area contributed by atoms with Gasteiger partial charge in [-0.05, 0) is 61.4 Å².